The highest BCUT2D eigenvalue weighted by molar-refractivity contribution is 5.95. The van der Waals surface area contributed by atoms with Crippen LogP contribution in [0.2, 0.25) is 0 Å². The van der Waals surface area contributed by atoms with Crippen LogP contribution in [-0.2, 0) is 32.0 Å². The van der Waals surface area contributed by atoms with Crippen molar-refractivity contribution >= 4 is 35.5 Å². The molecule has 0 aliphatic rings. The Bertz CT molecular complexity index is 2310. The predicted molar refractivity (Wildman–Crippen MR) is 249 cm³/mol. The molecule has 0 aliphatic carbocycles. The summed E-state index contributed by atoms with van der Waals surface area (Å²) in [5.74, 6) is -2.85. The molecule has 15 N–H and O–H groups in total. The lowest BCUT2D eigenvalue weighted by Crippen LogP contribution is -2.58. The van der Waals surface area contributed by atoms with Crippen molar-refractivity contribution in [1.29, 1.82) is 0 Å². The average Bonchev–Trinajstić information content (AvgIpc) is 3.28. The van der Waals surface area contributed by atoms with Gasteiger partial charge < -0.3 is 50.4 Å². The molecule has 4 amide bonds. The second-order valence-corrected chi connectivity index (χ2v) is 15.2. The van der Waals surface area contributed by atoms with Crippen molar-refractivity contribution < 1.29 is 19.2 Å². The van der Waals surface area contributed by atoms with E-state index in [4.69, 9.17) is 34.4 Å². The van der Waals surface area contributed by atoms with Gasteiger partial charge in [-0.2, -0.15) is 0 Å². The fourth-order valence-electron chi connectivity index (χ4n) is 6.96. The number of nitrogens with one attached hydrogen (secondary N) is 3. The summed E-state index contributed by atoms with van der Waals surface area (Å²) in [6.45, 7) is 0.404. The highest BCUT2D eigenvalue weighted by Crippen LogP contribution is 2.25. The topological polar surface area (TPSA) is 285 Å². The van der Waals surface area contributed by atoms with Crippen molar-refractivity contribution in [3.05, 3.63) is 145 Å². The van der Waals surface area contributed by atoms with Crippen LogP contribution in [0.15, 0.2) is 143 Å². The molecule has 0 fully saturated rings. The number of carbonyl (C=O) groups excluding carboxylic acids is 4. The molecule has 63 heavy (non-hydrogen) atoms. The maximum atomic E-state index is 14.1. The van der Waals surface area contributed by atoms with Crippen molar-refractivity contribution in [3.8, 4) is 33.4 Å². The number of hydrogen-bond donors (Lipinski definition) is 9. The maximum Gasteiger partial charge on any atom is 0.243 e. The molecule has 5 aromatic rings. The molecule has 15 heteroatoms. The summed E-state index contributed by atoms with van der Waals surface area (Å²) in [6.07, 6.45) is 1.18. The number of amides is 4. The maximum absolute atomic E-state index is 14.1. The lowest BCUT2D eigenvalue weighted by molar-refractivity contribution is -0.133. The summed E-state index contributed by atoms with van der Waals surface area (Å²) < 4.78 is 0. The Kier molecular flexibility index (Phi) is 17.3. The van der Waals surface area contributed by atoms with Gasteiger partial charge in [-0.15, -0.1) is 0 Å². The van der Waals surface area contributed by atoms with E-state index in [2.05, 4.69) is 62.3 Å². The van der Waals surface area contributed by atoms with Crippen molar-refractivity contribution in [2.75, 3.05) is 13.1 Å². The molecule has 0 saturated heterocycles. The Balaban J connectivity index is 1.29. The van der Waals surface area contributed by atoms with E-state index in [0.29, 0.717) is 12.8 Å². The number of benzene rings is 5. The van der Waals surface area contributed by atoms with Crippen LogP contribution in [-0.4, -0.2) is 72.8 Å². The van der Waals surface area contributed by atoms with Gasteiger partial charge in [-0.3, -0.25) is 29.2 Å². The van der Waals surface area contributed by atoms with Gasteiger partial charge in [0, 0.05) is 19.5 Å². The first kappa shape index (κ1) is 46.5. The molecule has 0 spiro atoms. The van der Waals surface area contributed by atoms with Crippen LogP contribution in [0.1, 0.15) is 36.8 Å². The van der Waals surface area contributed by atoms with Crippen molar-refractivity contribution in [3.63, 3.8) is 0 Å². The third kappa shape index (κ3) is 14.9. The number of hydrogen-bond acceptors (Lipinski definition) is 7. The number of guanidine groups is 2. The van der Waals surface area contributed by atoms with Gasteiger partial charge in [0.25, 0.3) is 0 Å². The van der Waals surface area contributed by atoms with Gasteiger partial charge in [-0.25, -0.2) is 0 Å². The second-order valence-electron chi connectivity index (χ2n) is 15.2. The molecule has 0 heterocycles. The van der Waals surface area contributed by atoms with Gasteiger partial charge in [0.15, 0.2) is 11.9 Å². The first-order valence-electron chi connectivity index (χ1n) is 20.8. The Morgan fingerprint density at radius 3 is 1.21 bits per heavy atom. The Hall–Kier alpha value is -7.52. The second kappa shape index (κ2) is 23.5. The molecule has 0 aliphatic heterocycles. The van der Waals surface area contributed by atoms with E-state index in [9.17, 15) is 19.2 Å². The summed E-state index contributed by atoms with van der Waals surface area (Å²) in [5, 5.41) is 8.30. The Morgan fingerprint density at radius 1 is 0.429 bits per heavy atom. The molecule has 5 aromatic carbocycles. The number of carbonyl (C=O) groups is 4. The number of rotatable bonds is 22. The first-order valence-corrected chi connectivity index (χ1v) is 20.8. The quantitative estimate of drug-likeness (QED) is 0.0281. The highest BCUT2D eigenvalue weighted by atomic mass is 16.2. The number of nitrogens with two attached hydrogens (primary N) is 6. The molecular formula is C48H57N11O4. The van der Waals surface area contributed by atoms with Gasteiger partial charge >= 0.3 is 0 Å². The summed E-state index contributed by atoms with van der Waals surface area (Å²) in [5.41, 5.74) is 41.8. The van der Waals surface area contributed by atoms with E-state index in [0.717, 1.165) is 44.5 Å². The van der Waals surface area contributed by atoms with Gasteiger partial charge in [-0.05, 0) is 76.6 Å². The molecule has 4 atom stereocenters. The normalized spacial score (nSPS) is 12.7. The molecule has 0 aromatic heterocycles. The number of nitrogens with zero attached hydrogens (tertiary/aromatic N) is 2. The van der Waals surface area contributed by atoms with Crippen LogP contribution in [0.25, 0.3) is 33.4 Å². The fraction of sp³-hybridized carbons (Fsp3) is 0.250. The predicted octanol–water partition coefficient (Wildman–Crippen LogP) is 2.85. The van der Waals surface area contributed by atoms with E-state index in [1.165, 1.54) is 0 Å². The highest BCUT2D eigenvalue weighted by Gasteiger charge is 2.30. The lowest BCUT2D eigenvalue weighted by Gasteiger charge is -2.26. The third-order valence-corrected chi connectivity index (χ3v) is 10.4. The zero-order valence-corrected chi connectivity index (χ0v) is 35.2. The van der Waals surface area contributed by atoms with E-state index in [1.54, 1.807) is 0 Å². The van der Waals surface area contributed by atoms with Crippen molar-refractivity contribution in [1.82, 2.24) is 16.0 Å². The molecule has 0 bridgehead atoms. The minimum atomic E-state index is -1.18. The first-order chi connectivity index (χ1) is 30.4. The summed E-state index contributed by atoms with van der Waals surface area (Å²) in [4.78, 5) is 62.1. The third-order valence-electron chi connectivity index (χ3n) is 10.4. The summed E-state index contributed by atoms with van der Waals surface area (Å²) >= 11 is 0. The van der Waals surface area contributed by atoms with Crippen LogP contribution in [0.4, 0.5) is 0 Å². The van der Waals surface area contributed by atoms with Crippen LogP contribution in [0, 0.1) is 0 Å². The molecular weight excluding hydrogens is 795 g/mol. The van der Waals surface area contributed by atoms with Crippen LogP contribution in [0.3, 0.4) is 0 Å². The Labute approximate surface area is 367 Å². The molecule has 0 unspecified atom stereocenters. The standard InChI is InChI=1S/C48H57N11O4/c49-39(29-31-15-19-36(20-16-31)38-25-23-37(24-26-38)34-11-5-2-6-12-34)44(61)58-41(14-8-28-56-48(53)54)45(62)59-42(46(63)57-40(43(50)60)13-7-27-55-47(51)52)30-32-17-21-35(22-18-32)33-9-3-1-4-10-33/h1-6,9-12,15-26,39-42H,7-8,13-14,27-30,49H2,(H2,50,60)(H,57,63)(H,58,61)(H,59,62)(H4,51,52,55)(H4,53,54,56)/t39-,40-,41-,42-/m0/s1. The molecule has 5 rings (SSSR count). The minimum absolute atomic E-state index is 0.0491. The van der Waals surface area contributed by atoms with Crippen molar-refractivity contribution in [2.45, 2.75) is 62.7 Å². The van der Waals surface area contributed by atoms with Crippen molar-refractivity contribution in [2.24, 2.45) is 44.4 Å². The van der Waals surface area contributed by atoms with Crippen LogP contribution < -0.4 is 50.4 Å². The van der Waals surface area contributed by atoms with E-state index in [1.807, 2.05) is 97.1 Å². The van der Waals surface area contributed by atoms with E-state index < -0.39 is 47.8 Å². The largest absolute Gasteiger partial charge is 0.370 e. The van der Waals surface area contributed by atoms with E-state index in [-0.39, 0.29) is 50.7 Å². The van der Waals surface area contributed by atoms with Crippen LogP contribution in [0.5, 0.6) is 0 Å². The van der Waals surface area contributed by atoms with Crippen LogP contribution >= 0.6 is 0 Å². The monoisotopic (exact) mass is 851 g/mol. The van der Waals surface area contributed by atoms with Gasteiger partial charge in [0.1, 0.15) is 18.1 Å². The SMILES string of the molecule is NC(=O)[C@H](CCCN=C(N)N)NC(=O)[C@H](Cc1ccc(-c2ccccc2)cc1)NC(=O)[C@H](CCCN=C(N)N)NC(=O)[C@@H](N)Cc1ccc(-c2ccc(-c3ccccc3)cc2)cc1. The minimum Gasteiger partial charge on any atom is -0.370 e. The summed E-state index contributed by atoms with van der Waals surface area (Å²) in [7, 11) is 0. The zero-order chi connectivity index (χ0) is 45.1. The molecule has 328 valence electrons. The van der Waals surface area contributed by atoms with Gasteiger partial charge in [-0.1, -0.05) is 133 Å². The molecule has 0 saturated carbocycles. The number of primary amides is 1. The summed E-state index contributed by atoms with van der Waals surface area (Å²) in [6, 6.07) is 39.2. The lowest BCUT2D eigenvalue weighted by atomic mass is 9.98. The van der Waals surface area contributed by atoms with E-state index >= 15 is 0 Å². The van der Waals surface area contributed by atoms with Gasteiger partial charge in [0.2, 0.25) is 23.6 Å². The van der Waals surface area contributed by atoms with Gasteiger partial charge in [0.05, 0.1) is 6.04 Å². The molecule has 15 nitrogen and oxygen atoms in total. The average molecular weight is 852 g/mol. The molecule has 0 radical (unpaired) electrons. The zero-order valence-electron chi connectivity index (χ0n) is 35.2. The smallest absolute Gasteiger partial charge is 0.243 e. The number of aliphatic imine (C=N–C) groups is 2. The fourth-order valence-corrected chi connectivity index (χ4v) is 6.96. The Morgan fingerprint density at radius 2 is 0.778 bits per heavy atom.